The predicted octanol–water partition coefficient (Wildman–Crippen LogP) is 1.76. The number of hydrogen-bond acceptors (Lipinski definition) is 4. The van der Waals surface area contributed by atoms with Gasteiger partial charge < -0.3 is 5.73 Å². The highest BCUT2D eigenvalue weighted by molar-refractivity contribution is 7.98. The highest BCUT2D eigenvalue weighted by Gasteiger charge is 2.26. The van der Waals surface area contributed by atoms with E-state index >= 15 is 0 Å². The Kier molecular flexibility index (Phi) is 7.26. The molecule has 0 radical (unpaired) electrons. The Labute approximate surface area is 132 Å². The molecule has 0 bridgehead atoms. The zero-order valence-corrected chi connectivity index (χ0v) is 14.3. The number of nitrogens with zero attached hydrogens (tertiary/aromatic N) is 1. The van der Waals surface area contributed by atoms with Crippen molar-refractivity contribution in [1.82, 2.24) is 4.31 Å². The first-order valence-corrected chi connectivity index (χ1v) is 9.53. The summed E-state index contributed by atoms with van der Waals surface area (Å²) in [6.45, 7) is 2.12. The van der Waals surface area contributed by atoms with Crippen molar-refractivity contribution in [3.05, 3.63) is 29.8 Å². The lowest BCUT2D eigenvalue weighted by molar-refractivity contribution is 0.382. The molecule has 0 saturated heterocycles. The molecule has 2 N–H and O–H groups in total. The van der Waals surface area contributed by atoms with Gasteiger partial charge in [-0.25, -0.2) is 8.42 Å². The summed E-state index contributed by atoms with van der Waals surface area (Å²) in [6, 6.07) is 6.72. The molecule has 0 aliphatic carbocycles. The van der Waals surface area contributed by atoms with Gasteiger partial charge in [0, 0.05) is 18.7 Å². The molecule has 1 aromatic carbocycles. The molecule has 1 rings (SSSR count). The molecule has 0 heterocycles. The third-order valence-corrected chi connectivity index (χ3v) is 5.90. The molecule has 0 fully saturated rings. The summed E-state index contributed by atoms with van der Waals surface area (Å²) in [7, 11) is -1.93. The van der Waals surface area contributed by atoms with E-state index in [4.69, 9.17) is 5.73 Å². The van der Waals surface area contributed by atoms with Gasteiger partial charge in [-0.15, -0.1) is 0 Å². The third-order valence-electron chi connectivity index (χ3n) is 3.23. The Morgan fingerprint density at radius 1 is 1.38 bits per heavy atom. The van der Waals surface area contributed by atoms with E-state index in [1.54, 1.807) is 43.1 Å². The Bertz CT molecular complexity index is 618. The molecule has 21 heavy (non-hydrogen) atoms. The molecule has 0 aliphatic heterocycles. The number of thioether (sulfide) groups is 1. The second-order valence-electron chi connectivity index (χ2n) is 4.65. The molecule has 1 aromatic rings. The Morgan fingerprint density at radius 3 is 2.67 bits per heavy atom. The highest BCUT2D eigenvalue weighted by Crippen LogP contribution is 2.21. The normalized spacial score (nSPS) is 12.8. The van der Waals surface area contributed by atoms with Crippen molar-refractivity contribution in [3.63, 3.8) is 0 Å². The van der Waals surface area contributed by atoms with E-state index in [0.29, 0.717) is 5.56 Å². The van der Waals surface area contributed by atoms with Crippen molar-refractivity contribution in [2.24, 2.45) is 5.73 Å². The van der Waals surface area contributed by atoms with Crippen molar-refractivity contribution in [1.29, 1.82) is 0 Å². The van der Waals surface area contributed by atoms with Gasteiger partial charge >= 0.3 is 0 Å². The zero-order valence-electron chi connectivity index (χ0n) is 12.7. The van der Waals surface area contributed by atoms with Crippen LogP contribution in [0.3, 0.4) is 0 Å². The maximum atomic E-state index is 12.7. The van der Waals surface area contributed by atoms with Crippen molar-refractivity contribution in [3.8, 4) is 11.8 Å². The first kappa shape index (κ1) is 18.1. The lowest BCUT2D eigenvalue weighted by atomic mass is 10.2. The summed E-state index contributed by atoms with van der Waals surface area (Å²) in [5, 5.41) is 0. The van der Waals surface area contributed by atoms with Crippen molar-refractivity contribution < 1.29 is 8.42 Å². The summed E-state index contributed by atoms with van der Waals surface area (Å²) in [6.07, 6.45) is 2.83. The van der Waals surface area contributed by atoms with Gasteiger partial charge in [-0.05, 0) is 37.5 Å². The third kappa shape index (κ3) is 4.75. The summed E-state index contributed by atoms with van der Waals surface area (Å²) in [4.78, 5) is 0.240. The zero-order chi connectivity index (χ0) is 15.9. The molecule has 0 aromatic heterocycles. The van der Waals surface area contributed by atoms with Gasteiger partial charge in [0.15, 0.2) is 0 Å². The average molecular weight is 326 g/mol. The topological polar surface area (TPSA) is 63.4 Å². The summed E-state index contributed by atoms with van der Waals surface area (Å²) < 4.78 is 26.9. The molecule has 0 spiro atoms. The lowest BCUT2D eigenvalue weighted by Gasteiger charge is -2.24. The van der Waals surface area contributed by atoms with Crippen LogP contribution in [0.2, 0.25) is 0 Å². The smallest absolute Gasteiger partial charge is 0.244 e. The number of nitrogens with two attached hydrogens (primary N) is 1. The molecule has 6 heteroatoms. The quantitative estimate of drug-likeness (QED) is 0.809. The van der Waals surface area contributed by atoms with E-state index in [9.17, 15) is 8.42 Å². The second-order valence-corrected chi connectivity index (χ2v) is 7.61. The largest absolute Gasteiger partial charge is 0.320 e. The average Bonchev–Trinajstić information content (AvgIpc) is 2.49. The SMILES string of the molecule is CSCCC(C)N(C)S(=O)(=O)c1ccccc1C#CCN. The van der Waals surface area contributed by atoms with E-state index in [1.165, 1.54) is 4.31 Å². The highest BCUT2D eigenvalue weighted by atomic mass is 32.2. The molecule has 116 valence electrons. The van der Waals surface area contributed by atoms with Gasteiger partial charge in [-0.3, -0.25) is 0 Å². The molecule has 0 amide bonds. The van der Waals surface area contributed by atoms with Crippen LogP contribution >= 0.6 is 11.8 Å². The molecular weight excluding hydrogens is 304 g/mol. The van der Waals surface area contributed by atoms with Crippen molar-refractivity contribution in [2.45, 2.75) is 24.3 Å². The fraction of sp³-hybridized carbons (Fsp3) is 0.467. The molecule has 0 aliphatic rings. The van der Waals surface area contributed by atoms with Crippen LogP contribution < -0.4 is 5.73 Å². The van der Waals surface area contributed by atoms with E-state index in [1.807, 2.05) is 13.2 Å². The molecular formula is C15H22N2O2S2. The Balaban J connectivity index is 3.13. The van der Waals surface area contributed by atoms with Gasteiger partial charge in [0.2, 0.25) is 10.0 Å². The maximum absolute atomic E-state index is 12.7. The maximum Gasteiger partial charge on any atom is 0.244 e. The van der Waals surface area contributed by atoms with E-state index in [0.717, 1.165) is 12.2 Å². The molecule has 1 atom stereocenters. The Hall–Kier alpha value is -1.00. The number of sulfonamides is 1. The van der Waals surface area contributed by atoms with E-state index in [2.05, 4.69) is 11.8 Å². The van der Waals surface area contributed by atoms with E-state index in [-0.39, 0.29) is 17.5 Å². The predicted molar refractivity (Wildman–Crippen MR) is 89.8 cm³/mol. The van der Waals surface area contributed by atoms with E-state index < -0.39 is 10.0 Å². The first-order valence-electron chi connectivity index (χ1n) is 6.70. The summed E-state index contributed by atoms with van der Waals surface area (Å²) in [5.41, 5.74) is 5.86. The van der Waals surface area contributed by atoms with Crippen LogP contribution in [0.4, 0.5) is 0 Å². The van der Waals surface area contributed by atoms with Gasteiger partial charge in [-0.2, -0.15) is 16.1 Å². The summed E-state index contributed by atoms with van der Waals surface area (Å²) >= 11 is 1.71. The van der Waals surface area contributed by atoms with Crippen LogP contribution in [-0.2, 0) is 10.0 Å². The molecule has 4 nitrogen and oxygen atoms in total. The fourth-order valence-electron chi connectivity index (χ4n) is 1.80. The summed E-state index contributed by atoms with van der Waals surface area (Å²) in [5.74, 6) is 6.47. The van der Waals surface area contributed by atoms with Crippen LogP contribution in [0.25, 0.3) is 0 Å². The minimum Gasteiger partial charge on any atom is -0.320 e. The lowest BCUT2D eigenvalue weighted by Crippen LogP contribution is -2.35. The van der Waals surface area contributed by atoms with Gasteiger partial charge in [0.25, 0.3) is 0 Å². The molecule has 1 unspecified atom stereocenters. The van der Waals surface area contributed by atoms with Gasteiger partial charge in [-0.1, -0.05) is 24.0 Å². The van der Waals surface area contributed by atoms with Crippen LogP contribution in [0.5, 0.6) is 0 Å². The Morgan fingerprint density at radius 2 is 2.05 bits per heavy atom. The van der Waals surface area contributed by atoms with Gasteiger partial charge in [0.1, 0.15) is 0 Å². The molecule has 0 saturated carbocycles. The van der Waals surface area contributed by atoms with Crippen LogP contribution in [0, 0.1) is 11.8 Å². The fourth-order valence-corrected chi connectivity index (χ4v) is 3.92. The number of benzene rings is 1. The van der Waals surface area contributed by atoms with Crippen LogP contribution in [0.15, 0.2) is 29.2 Å². The van der Waals surface area contributed by atoms with Gasteiger partial charge in [0.05, 0.1) is 11.4 Å². The minimum atomic E-state index is -3.55. The number of hydrogen-bond donors (Lipinski definition) is 1. The van der Waals surface area contributed by atoms with Crippen molar-refractivity contribution in [2.75, 3.05) is 25.6 Å². The first-order chi connectivity index (χ1) is 9.95. The van der Waals surface area contributed by atoms with Crippen LogP contribution in [-0.4, -0.2) is 44.4 Å². The second kappa shape index (κ2) is 8.44. The van der Waals surface area contributed by atoms with Crippen LogP contribution in [0.1, 0.15) is 18.9 Å². The minimum absolute atomic E-state index is 0.0574. The standard InChI is InChI=1S/C15H22N2O2S2/c1-13(10-12-20-3)17(2)21(18,19)15-9-5-4-7-14(15)8-6-11-16/h4-5,7,9,13H,10-12,16H2,1-3H3. The number of rotatable bonds is 6. The monoisotopic (exact) mass is 326 g/mol. The van der Waals surface area contributed by atoms with Crippen molar-refractivity contribution >= 4 is 21.8 Å².